The highest BCUT2D eigenvalue weighted by Crippen LogP contribution is 2.12. The number of rotatable bonds is 4. The molecule has 0 spiro atoms. The third-order valence-electron chi connectivity index (χ3n) is 1.69. The van der Waals surface area contributed by atoms with Crippen LogP contribution in [0.4, 0.5) is 0 Å². The van der Waals surface area contributed by atoms with Crippen LogP contribution in [0.15, 0.2) is 18.3 Å². The monoisotopic (exact) mass is 168 g/mol. The van der Waals surface area contributed by atoms with Crippen LogP contribution in [-0.4, -0.2) is 16.1 Å². The second-order valence-electron chi connectivity index (χ2n) is 2.66. The molecule has 4 heteroatoms. The summed E-state index contributed by atoms with van der Waals surface area (Å²) < 4.78 is 0. The molecule has 12 heavy (non-hydrogen) atoms. The molecule has 0 aliphatic rings. The van der Waals surface area contributed by atoms with Crippen molar-refractivity contribution in [3.05, 3.63) is 24.0 Å². The molecule has 0 saturated heterocycles. The van der Waals surface area contributed by atoms with Gasteiger partial charge in [-0.25, -0.2) is 0 Å². The van der Waals surface area contributed by atoms with Crippen LogP contribution in [0.5, 0.6) is 0 Å². The van der Waals surface area contributed by atoms with Crippen molar-refractivity contribution in [2.24, 2.45) is 5.73 Å². The minimum Gasteiger partial charge on any atom is -0.481 e. The highest BCUT2D eigenvalue weighted by molar-refractivity contribution is 5.66. The van der Waals surface area contributed by atoms with E-state index in [2.05, 4.69) is 4.98 Å². The Balaban J connectivity index is 2.39. The maximum absolute atomic E-state index is 10.2. The minimum absolute atomic E-state index is 0.111. The molecule has 0 bridgehead atoms. The van der Waals surface area contributed by atoms with Gasteiger partial charge in [0.25, 0.3) is 0 Å². The molecule has 1 atom stereocenters. The van der Waals surface area contributed by atoms with Crippen LogP contribution in [0, 0.1) is 0 Å². The fraction of sp³-hybridized carbons (Fsp3) is 0.375. The van der Waals surface area contributed by atoms with Crippen LogP contribution in [0.25, 0.3) is 0 Å². The molecule has 1 rings (SSSR count). The van der Waals surface area contributed by atoms with Crippen LogP contribution in [-0.2, 0) is 4.79 Å². The van der Waals surface area contributed by atoms with Gasteiger partial charge in [-0.3, -0.25) is 4.79 Å². The number of hydrogen-bond donors (Lipinski definition) is 3. The highest BCUT2D eigenvalue weighted by Gasteiger charge is 2.07. The minimum atomic E-state index is -0.808. The first-order valence-corrected chi connectivity index (χ1v) is 3.81. The van der Waals surface area contributed by atoms with Crippen LogP contribution >= 0.6 is 0 Å². The van der Waals surface area contributed by atoms with Gasteiger partial charge in [-0.2, -0.15) is 0 Å². The van der Waals surface area contributed by atoms with Gasteiger partial charge in [0.05, 0.1) is 0 Å². The molecule has 4 nitrogen and oxygen atoms in total. The summed E-state index contributed by atoms with van der Waals surface area (Å²) in [7, 11) is 0. The van der Waals surface area contributed by atoms with E-state index in [9.17, 15) is 4.79 Å². The van der Waals surface area contributed by atoms with E-state index in [1.807, 2.05) is 12.1 Å². The van der Waals surface area contributed by atoms with E-state index >= 15 is 0 Å². The van der Waals surface area contributed by atoms with E-state index in [0.717, 1.165) is 5.69 Å². The topological polar surface area (TPSA) is 79.1 Å². The predicted molar refractivity (Wildman–Crippen MR) is 44.6 cm³/mol. The summed E-state index contributed by atoms with van der Waals surface area (Å²) in [6.07, 6.45) is 2.35. The van der Waals surface area contributed by atoms with E-state index < -0.39 is 5.97 Å². The first-order valence-electron chi connectivity index (χ1n) is 3.81. The lowest BCUT2D eigenvalue weighted by Crippen LogP contribution is -2.12. The lowest BCUT2D eigenvalue weighted by molar-refractivity contribution is -0.137. The average molecular weight is 168 g/mol. The lowest BCUT2D eigenvalue weighted by atomic mass is 10.1. The summed E-state index contributed by atoms with van der Waals surface area (Å²) >= 11 is 0. The van der Waals surface area contributed by atoms with Gasteiger partial charge in [-0.15, -0.1) is 0 Å². The van der Waals surface area contributed by atoms with Crippen molar-refractivity contribution in [3.63, 3.8) is 0 Å². The van der Waals surface area contributed by atoms with E-state index in [1.165, 1.54) is 0 Å². The van der Waals surface area contributed by atoms with Crippen molar-refractivity contribution >= 4 is 5.97 Å². The summed E-state index contributed by atoms with van der Waals surface area (Å²) in [4.78, 5) is 13.2. The Labute approximate surface area is 70.4 Å². The number of H-pyrrole nitrogens is 1. The zero-order valence-electron chi connectivity index (χ0n) is 6.66. The third kappa shape index (κ3) is 2.39. The molecule has 0 amide bonds. The van der Waals surface area contributed by atoms with Crippen LogP contribution in [0.1, 0.15) is 24.6 Å². The zero-order valence-corrected chi connectivity index (χ0v) is 6.66. The van der Waals surface area contributed by atoms with Gasteiger partial charge < -0.3 is 15.8 Å². The van der Waals surface area contributed by atoms with Gasteiger partial charge in [-0.05, 0) is 18.6 Å². The fourth-order valence-electron chi connectivity index (χ4n) is 1.01. The number of carboxylic acids is 1. The quantitative estimate of drug-likeness (QED) is 0.624. The molecule has 1 aromatic heterocycles. The van der Waals surface area contributed by atoms with Gasteiger partial charge in [0.15, 0.2) is 0 Å². The second kappa shape index (κ2) is 3.92. The SMILES string of the molecule is N[C@H](CCC(=O)O)c1ccc[nH]1. The summed E-state index contributed by atoms with van der Waals surface area (Å²) in [5, 5.41) is 8.39. The van der Waals surface area contributed by atoms with Gasteiger partial charge >= 0.3 is 5.97 Å². The van der Waals surface area contributed by atoms with Crippen molar-refractivity contribution in [3.8, 4) is 0 Å². The molecule has 0 saturated carbocycles. The third-order valence-corrected chi connectivity index (χ3v) is 1.69. The number of hydrogen-bond acceptors (Lipinski definition) is 2. The van der Waals surface area contributed by atoms with Crippen LogP contribution in [0.2, 0.25) is 0 Å². The van der Waals surface area contributed by atoms with Crippen molar-refractivity contribution in [1.82, 2.24) is 4.98 Å². The maximum Gasteiger partial charge on any atom is 0.303 e. The van der Waals surface area contributed by atoms with Gasteiger partial charge in [0.1, 0.15) is 0 Å². The molecule has 1 heterocycles. The number of nitrogens with one attached hydrogen (secondary N) is 1. The highest BCUT2D eigenvalue weighted by atomic mass is 16.4. The van der Waals surface area contributed by atoms with Crippen LogP contribution in [0.3, 0.4) is 0 Å². The summed E-state index contributed by atoms with van der Waals surface area (Å²) in [6.45, 7) is 0. The van der Waals surface area contributed by atoms with E-state index in [4.69, 9.17) is 10.8 Å². The number of carboxylic acid groups (broad SMARTS) is 1. The molecule has 0 fully saturated rings. The molecule has 0 radical (unpaired) electrons. The Bertz CT molecular complexity index is 244. The molecule has 0 aliphatic heterocycles. The Morgan fingerprint density at radius 3 is 3.00 bits per heavy atom. The molecule has 66 valence electrons. The molecule has 1 aromatic rings. The standard InChI is InChI=1S/C8H12N2O2/c9-6(3-4-8(11)12)7-2-1-5-10-7/h1-2,5-6,10H,3-4,9H2,(H,11,12)/t6-/m1/s1. The number of aromatic amines is 1. The Kier molecular flexibility index (Phi) is 2.88. The fourth-order valence-corrected chi connectivity index (χ4v) is 1.01. The summed E-state index contributed by atoms with van der Waals surface area (Å²) in [5.74, 6) is -0.808. The van der Waals surface area contributed by atoms with Gasteiger partial charge in [0, 0.05) is 24.4 Å². The molecular formula is C8H12N2O2. The van der Waals surface area contributed by atoms with E-state index in [1.54, 1.807) is 6.20 Å². The number of aromatic nitrogens is 1. The van der Waals surface area contributed by atoms with Crippen molar-refractivity contribution in [2.75, 3.05) is 0 Å². The largest absolute Gasteiger partial charge is 0.481 e. The lowest BCUT2D eigenvalue weighted by Gasteiger charge is -2.06. The smallest absolute Gasteiger partial charge is 0.303 e. The van der Waals surface area contributed by atoms with Crippen molar-refractivity contribution in [2.45, 2.75) is 18.9 Å². The van der Waals surface area contributed by atoms with Crippen molar-refractivity contribution < 1.29 is 9.90 Å². The number of carbonyl (C=O) groups is 1. The predicted octanol–water partition coefficient (Wildman–Crippen LogP) is 0.879. The second-order valence-corrected chi connectivity index (χ2v) is 2.66. The molecular weight excluding hydrogens is 156 g/mol. The average Bonchev–Trinajstić information content (AvgIpc) is 2.51. The maximum atomic E-state index is 10.2. The Morgan fingerprint density at radius 1 is 1.75 bits per heavy atom. The Hall–Kier alpha value is -1.29. The van der Waals surface area contributed by atoms with Gasteiger partial charge in [0.2, 0.25) is 0 Å². The van der Waals surface area contributed by atoms with Gasteiger partial charge in [-0.1, -0.05) is 0 Å². The Morgan fingerprint density at radius 2 is 2.50 bits per heavy atom. The first kappa shape index (κ1) is 8.80. The summed E-state index contributed by atoms with van der Waals surface area (Å²) in [6, 6.07) is 3.50. The molecule has 0 aliphatic carbocycles. The summed E-state index contributed by atoms with van der Waals surface area (Å²) in [5.41, 5.74) is 6.58. The molecule has 0 aromatic carbocycles. The van der Waals surface area contributed by atoms with E-state index in [0.29, 0.717) is 6.42 Å². The van der Waals surface area contributed by atoms with Crippen LogP contribution < -0.4 is 5.73 Å². The number of aliphatic carboxylic acids is 1. The first-order chi connectivity index (χ1) is 5.70. The molecule has 4 N–H and O–H groups in total. The normalized spacial score (nSPS) is 12.8. The van der Waals surface area contributed by atoms with E-state index in [-0.39, 0.29) is 12.5 Å². The number of nitrogens with two attached hydrogens (primary N) is 1. The molecule has 0 unspecified atom stereocenters. The van der Waals surface area contributed by atoms with Crippen molar-refractivity contribution in [1.29, 1.82) is 0 Å². The zero-order chi connectivity index (χ0) is 8.97.